The second kappa shape index (κ2) is 5.53. The quantitative estimate of drug-likeness (QED) is 0.566. The number of methoxy groups -OCH3 is 2. The minimum absolute atomic E-state index is 0.305. The molecule has 3 unspecified atom stereocenters. The maximum Gasteiger partial charge on any atom is 0.407 e. The van der Waals surface area contributed by atoms with Crippen molar-refractivity contribution in [2.75, 3.05) is 14.2 Å². The summed E-state index contributed by atoms with van der Waals surface area (Å²) in [5, 5.41) is 2.61. The SMILES string of the molecule is COC(=O)NC1C=CC(C)CC1C(=O)OC. The highest BCUT2D eigenvalue weighted by molar-refractivity contribution is 5.76. The Kier molecular flexibility index (Phi) is 4.34. The van der Waals surface area contributed by atoms with Gasteiger partial charge in [0.1, 0.15) is 0 Å². The molecule has 0 heterocycles. The number of esters is 1. The third-order valence-electron chi connectivity index (χ3n) is 2.68. The molecule has 0 saturated carbocycles. The van der Waals surface area contributed by atoms with Crippen molar-refractivity contribution >= 4 is 12.1 Å². The Hall–Kier alpha value is -1.52. The molecule has 90 valence electrons. The molecule has 0 aliphatic heterocycles. The van der Waals surface area contributed by atoms with E-state index in [-0.39, 0.29) is 17.9 Å². The highest BCUT2D eigenvalue weighted by atomic mass is 16.5. The van der Waals surface area contributed by atoms with Crippen LogP contribution in [-0.4, -0.2) is 32.3 Å². The summed E-state index contributed by atoms with van der Waals surface area (Å²) in [5.41, 5.74) is 0. The fourth-order valence-electron chi connectivity index (χ4n) is 1.81. The molecular weight excluding hydrogens is 210 g/mol. The van der Waals surface area contributed by atoms with Gasteiger partial charge in [-0.2, -0.15) is 0 Å². The van der Waals surface area contributed by atoms with Crippen molar-refractivity contribution in [2.24, 2.45) is 11.8 Å². The summed E-state index contributed by atoms with van der Waals surface area (Å²) in [6, 6.07) is -0.351. The Labute approximate surface area is 94.8 Å². The van der Waals surface area contributed by atoms with Crippen LogP contribution >= 0.6 is 0 Å². The maximum absolute atomic E-state index is 11.5. The number of hydrogen-bond donors (Lipinski definition) is 1. The molecule has 0 aromatic rings. The second-order valence-electron chi connectivity index (χ2n) is 3.89. The van der Waals surface area contributed by atoms with E-state index in [4.69, 9.17) is 4.74 Å². The standard InChI is InChI=1S/C11H17NO4/c1-7-4-5-9(12-11(14)16-3)8(6-7)10(13)15-2/h4-5,7-9H,6H2,1-3H3,(H,12,14). The monoisotopic (exact) mass is 227 g/mol. The minimum Gasteiger partial charge on any atom is -0.469 e. The number of nitrogens with one attached hydrogen (secondary N) is 1. The fraction of sp³-hybridized carbons (Fsp3) is 0.636. The van der Waals surface area contributed by atoms with Crippen molar-refractivity contribution in [1.29, 1.82) is 0 Å². The first kappa shape index (κ1) is 12.5. The Morgan fingerprint density at radius 1 is 1.25 bits per heavy atom. The molecule has 1 aliphatic rings. The predicted molar refractivity (Wildman–Crippen MR) is 57.8 cm³/mol. The molecule has 0 radical (unpaired) electrons. The number of carbonyl (C=O) groups excluding carboxylic acids is 2. The molecule has 0 saturated heterocycles. The summed E-state index contributed by atoms with van der Waals surface area (Å²) in [7, 11) is 2.64. The summed E-state index contributed by atoms with van der Waals surface area (Å²) >= 11 is 0. The number of alkyl carbamates (subject to hydrolysis) is 1. The molecule has 5 nitrogen and oxygen atoms in total. The Morgan fingerprint density at radius 2 is 1.94 bits per heavy atom. The zero-order chi connectivity index (χ0) is 12.1. The lowest BCUT2D eigenvalue weighted by Crippen LogP contribution is -2.44. The van der Waals surface area contributed by atoms with Crippen molar-refractivity contribution in [3.05, 3.63) is 12.2 Å². The minimum atomic E-state index is -0.543. The van der Waals surface area contributed by atoms with Gasteiger partial charge in [0.05, 0.1) is 26.2 Å². The molecule has 1 aliphatic carbocycles. The zero-order valence-electron chi connectivity index (χ0n) is 9.73. The van der Waals surface area contributed by atoms with Gasteiger partial charge in [-0.05, 0) is 12.3 Å². The molecule has 0 fully saturated rings. The van der Waals surface area contributed by atoms with Gasteiger partial charge in [-0.3, -0.25) is 4.79 Å². The van der Waals surface area contributed by atoms with E-state index in [9.17, 15) is 9.59 Å². The van der Waals surface area contributed by atoms with E-state index in [1.807, 2.05) is 19.1 Å². The number of amides is 1. The van der Waals surface area contributed by atoms with Crippen LogP contribution in [0.2, 0.25) is 0 Å². The van der Waals surface area contributed by atoms with E-state index < -0.39 is 6.09 Å². The van der Waals surface area contributed by atoms with Crippen LogP contribution < -0.4 is 5.32 Å². The molecule has 0 spiro atoms. The van der Waals surface area contributed by atoms with E-state index in [0.717, 1.165) is 0 Å². The van der Waals surface area contributed by atoms with Gasteiger partial charge in [0, 0.05) is 0 Å². The maximum atomic E-state index is 11.5. The molecule has 1 rings (SSSR count). The third kappa shape index (κ3) is 2.98. The largest absolute Gasteiger partial charge is 0.469 e. The average Bonchev–Trinajstić information content (AvgIpc) is 2.30. The van der Waals surface area contributed by atoms with Crippen LogP contribution in [0, 0.1) is 11.8 Å². The molecule has 1 N–H and O–H groups in total. The number of allylic oxidation sites excluding steroid dienone is 1. The van der Waals surface area contributed by atoms with Crippen LogP contribution in [-0.2, 0) is 14.3 Å². The Morgan fingerprint density at radius 3 is 2.50 bits per heavy atom. The Balaban J connectivity index is 2.73. The van der Waals surface area contributed by atoms with Crippen molar-refractivity contribution in [1.82, 2.24) is 5.32 Å². The summed E-state index contributed by atoms with van der Waals surface area (Å²) < 4.78 is 9.22. The molecule has 0 aromatic carbocycles. The molecule has 16 heavy (non-hydrogen) atoms. The van der Waals surface area contributed by atoms with Crippen LogP contribution in [0.25, 0.3) is 0 Å². The number of carbonyl (C=O) groups is 2. The van der Waals surface area contributed by atoms with Crippen molar-refractivity contribution in [2.45, 2.75) is 19.4 Å². The fourth-order valence-corrected chi connectivity index (χ4v) is 1.81. The molecule has 5 heteroatoms. The van der Waals surface area contributed by atoms with Crippen molar-refractivity contribution in [3.8, 4) is 0 Å². The second-order valence-corrected chi connectivity index (χ2v) is 3.89. The van der Waals surface area contributed by atoms with Gasteiger partial charge >= 0.3 is 12.1 Å². The van der Waals surface area contributed by atoms with Crippen LogP contribution in [0.4, 0.5) is 4.79 Å². The van der Waals surface area contributed by atoms with Crippen LogP contribution in [0.1, 0.15) is 13.3 Å². The van der Waals surface area contributed by atoms with Gasteiger partial charge in [0.25, 0.3) is 0 Å². The lowest BCUT2D eigenvalue weighted by atomic mass is 9.84. The lowest BCUT2D eigenvalue weighted by Gasteiger charge is -2.28. The zero-order valence-corrected chi connectivity index (χ0v) is 9.73. The van der Waals surface area contributed by atoms with Crippen molar-refractivity contribution < 1.29 is 19.1 Å². The summed E-state index contributed by atoms with van der Waals surface area (Å²) in [6.45, 7) is 2.01. The highest BCUT2D eigenvalue weighted by Gasteiger charge is 2.32. The number of hydrogen-bond acceptors (Lipinski definition) is 4. The Bertz CT molecular complexity index is 300. The summed E-state index contributed by atoms with van der Waals surface area (Å²) in [6.07, 6.45) is 3.91. The van der Waals surface area contributed by atoms with Crippen LogP contribution in [0.3, 0.4) is 0 Å². The smallest absolute Gasteiger partial charge is 0.407 e. The van der Waals surface area contributed by atoms with E-state index in [2.05, 4.69) is 10.1 Å². The number of rotatable bonds is 2. The third-order valence-corrected chi connectivity index (χ3v) is 2.68. The van der Waals surface area contributed by atoms with Gasteiger partial charge < -0.3 is 14.8 Å². The van der Waals surface area contributed by atoms with E-state index in [0.29, 0.717) is 12.3 Å². The molecular formula is C11H17NO4. The van der Waals surface area contributed by atoms with Crippen molar-refractivity contribution in [3.63, 3.8) is 0 Å². The van der Waals surface area contributed by atoms with Gasteiger partial charge in [-0.15, -0.1) is 0 Å². The van der Waals surface area contributed by atoms with E-state index in [1.165, 1.54) is 14.2 Å². The normalized spacial score (nSPS) is 28.3. The molecule has 3 atom stereocenters. The number of ether oxygens (including phenoxy) is 2. The van der Waals surface area contributed by atoms with Crippen LogP contribution in [0.5, 0.6) is 0 Å². The molecule has 1 amide bonds. The van der Waals surface area contributed by atoms with Gasteiger partial charge in [-0.25, -0.2) is 4.79 Å². The first-order valence-corrected chi connectivity index (χ1v) is 5.19. The summed E-state index contributed by atoms with van der Waals surface area (Å²) in [4.78, 5) is 22.6. The molecule has 0 bridgehead atoms. The average molecular weight is 227 g/mol. The van der Waals surface area contributed by atoms with E-state index >= 15 is 0 Å². The predicted octanol–water partition coefficient (Wildman–Crippen LogP) is 1.10. The van der Waals surface area contributed by atoms with Crippen LogP contribution in [0.15, 0.2) is 12.2 Å². The van der Waals surface area contributed by atoms with E-state index in [1.54, 1.807) is 0 Å². The lowest BCUT2D eigenvalue weighted by molar-refractivity contribution is -0.146. The summed E-state index contributed by atoms with van der Waals surface area (Å²) in [5.74, 6) is -0.346. The topological polar surface area (TPSA) is 64.6 Å². The molecule has 0 aromatic heterocycles. The first-order chi connectivity index (χ1) is 7.58. The van der Waals surface area contributed by atoms with Gasteiger partial charge in [0.2, 0.25) is 0 Å². The first-order valence-electron chi connectivity index (χ1n) is 5.19. The van der Waals surface area contributed by atoms with Gasteiger partial charge in [-0.1, -0.05) is 19.1 Å². The van der Waals surface area contributed by atoms with Gasteiger partial charge in [0.15, 0.2) is 0 Å². The highest BCUT2D eigenvalue weighted by Crippen LogP contribution is 2.24.